The molecule has 0 spiro atoms. The third kappa shape index (κ3) is 10.3. The van der Waals surface area contributed by atoms with E-state index in [0.717, 1.165) is 26.5 Å². The monoisotopic (exact) mass is 1260 g/mol. The number of nitrogens with zero attached hydrogens (tertiary/aromatic N) is 4. The number of rotatable bonds is 15. The summed E-state index contributed by atoms with van der Waals surface area (Å²) in [6.45, 7) is 7.76. The molecular weight excluding hydrogens is 1200 g/mol. The van der Waals surface area contributed by atoms with Gasteiger partial charge in [0.25, 0.3) is 47.3 Å². The van der Waals surface area contributed by atoms with E-state index in [1.807, 2.05) is 113 Å². The van der Waals surface area contributed by atoms with Gasteiger partial charge in [-0.25, -0.2) is 9.80 Å². The van der Waals surface area contributed by atoms with Gasteiger partial charge in [0.2, 0.25) is 0 Å². The first-order chi connectivity index (χ1) is 46.7. The molecule has 0 bridgehead atoms. The van der Waals surface area contributed by atoms with E-state index in [1.165, 1.54) is 9.80 Å². The Morgan fingerprint density at radius 1 is 0.292 bits per heavy atom. The van der Waals surface area contributed by atoms with Crippen molar-refractivity contribution in [3.8, 4) is 57.8 Å². The predicted octanol–water partition coefficient (Wildman–Crippen LogP) is 16.0. The molecule has 4 aliphatic heterocycles. The van der Waals surface area contributed by atoms with Gasteiger partial charge in [0, 0.05) is 22.3 Å². The summed E-state index contributed by atoms with van der Waals surface area (Å²) in [4.78, 5) is 118. The standard InChI is InChI=1S/C82H58N4O10/c1-5-81(6-2,85-76(90)66-46-27-54(49-70(66)78(85)92)25-23-52-18-13-10-14-19-52)56-29-37-61(38-30-56)96-63-43-35-59(36-44-63)84-74(88)68-21-15-20-64(72(68)80(84)94)55-28-47-67-71(50-55)79(93)86(77(67)91)82(7-3,8-4)57-31-39-60(40-32-57)95-62-41-33-58(34-42-62)83-73(87)65-45-26-53(48-69(65)75(83)89)24-22-51-16-11-9-12-17-51/h9-21,26-50H,5-8H2,1-4H3. The molecule has 14 nitrogen and oxygen atoms in total. The van der Waals surface area contributed by atoms with Crippen molar-refractivity contribution in [3.05, 3.63) is 308 Å². The first kappa shape index (κ1) is 61.0. The molecule has 0 fully saturated rings. The molecular formula is C82H58N4O10. The Labute approximate surface area is 554 Å². The van der Waals surface area contributed by atoms with E-state index in [9.17, 15) is 38.4 Å². The minimum absolute atomic E-state index is 0.156. The lowest BCUT2D eigenvalue weighted by Crippen LogP contribution is -2.48. The molecule has 0 aromatic heterocycles. The second kappa shape index (κ2) is 24.5. The lowest BCUT2D eigenvalue weighted by molar-refractivity contribution is 0.0372. The fourth-order valence-corrected chi connectivity index (χ4v) is 13.6. The maximum Gasteiger partial charge on any atom is 0.266 e. The van der Waals surface area contributed by atoms with Crippen molar-refractivity contribution in [2.75, 3.05) is 9.80 Å². The number of fused-ring (bicyclic) bond motifs is 4. The Balaban J connectivity index is 0.635. The summed E-state index contributed by atoms with van der Waals surface area (Å²) in [6, 6.07) is 66.7. The third-order valence-electron chi connectivity index (χ3n) is 18.8. The molecule has 0 saturated heterocycles. The van der Waals surface area contributed by atoms with Crippen LogP contribution >= 0.6 is 0 Å². The Bertz CT molecular complexity index is 5050. The fraction of sp³-hybridized carbons (Fsp3) is 0.122. The van der Waals surface area contributed by atoms with Gasteiger partial charge in [0.1, 0.15) is 23.0 Å². The summed E-state index contributed by atoms with van der Waals surface area (Å²) >= 11 is 0. The molecule has 0 aliphatic carbocycles. The first-order valence-corrected chi connectivity index (χ1v) is 31.7. The van der Waals surface area contributed by atoms with Gasteiger partial charge in [-0.1, -0.05) is 130 Å². The van der Waals surface area contributed by atoms with E-state index >= 15 is 0 Å². The van der Waals surface area contributed by atoms with Crippen LogP contribution in [-0.4, -0.2) is 57.1 Å². The van der Waals surface area contributed by atoms with Crippen LogP contribution in [0.5, 0.6) is 23.0 Å². The van der Waals surface area contributed by atoms with E-state index in [2.05, 4.69) is 23.7 Å². The molecule has 0 unspecified atom stereocenters. The molecule has 96 heavy (non-hydrogen) atoms. The average Bonchev–Trinajstić information content (AvgIpc) is 1.57. The highest BCUT2D eigenvalue weighted by molar-refractivity contribution is 6.37. The number of hydrogen-bond acceptors (Lipinski definition) is 10. The van der Waals surface area contributed by atoms with Crippen molar-refractivity contribution in [2.45, 2.75) is 64.5 Å². The Kier molecular flexibility index (Phi) is 15.6. The highest BCUT2D eigenvalue weighted by Gasteiger charge is 2.50. The van der Waals surface area contributed by atoms with Gasteiger partial charge in [-0.05, 0) is 200 Å². The summed E-state index contributed by atoms with van der Waals surface area (Å²) in [6.07, 6.45) is 1.70. The third-order valence-corrected chi connectivity index (χ3v) is 18.8. The van der Waals surface area contributed by atoms with Crippen molar-refractivity contribution >= 4 is 58.6 Å². The number of imide groups is 4. The Morgan fingerprint density at radius 2 is 0.635 bits per heavy atom. The second-order valence-corrected chi connectivity index (χ2v) is 23.7. The molecule has 0 radical (unpaired) electrons. The molecule has 0 N–H and O–H groups in total. The molecule has 10 aromatic rings. The zero-order valence-electron chi connectivity index (χ0n) is 52.6. The number of anilines is 2. The van der Waals surface area contributed by atoms with Crippen LogP contribution < -0.4 is 19.3 Å². The van der Waals surface area contributed by atoms with Gasteiger partial charge in [0.05, 0.1) is 67.0 Å². The number of ether oxygens (including phenoxy) is 2. The smallest absolute Gasteiger partial charge is 0.266 e. The van der Waals surface area contributed by atoms with Crippen LogP contribution in [0.15, 0.2) is 231 Å². The van der Waals surface area contributed by atoms with Crippen molar-refractivity contribution in [1.29, 1.82) is 0 Å². The molecule has 0 atom stereocenters. The van der Waals surface area contributed by atoms with Crippen LogP contribution in [0.1, 0.15) is 170 Å². The maximum atomic E-state index is 14.8. The summed E-state index contributed by atoms with van der Waals surface area (Å²) in [7, 11) is 0. The zero-order valence-corrected chi connectivity index (χ0v) is 52.6. The Hall–Kier alpha value is -12.5. The van der Waals surface area contributed by atoms with Crippen LogP contribution in [0.3, 0.4) is 0 Å². The van der Waals surface area contributed by atoms with Gasteiger partial charge in [-0.15, -0.1) is 0 Å². The summed E-state index contributed by atoms with van der Waals surface area (Å²) in [5.74, 6) is 10.5. The lowest BCUT2D eigenvalue weighted by Gasteiger charge is -2.40. The number of carbonyl (C=O) groups excluding carboxylic acids is 8. The molecule has 8 amide bonds. The van der Waals surface area contributed by atoms with E-state index in [-0.39, 0.29) is 39.6 Å². The molecule has 10 aromatic carbocycles. The number of benzene rings is 10. The number of hydrogen-bond donors (Lipinski definition) is 0. The molecule has 466 valence electrons. The SMILES string of the molecule is CCC(CC)(c1ccc(Oc2ccc(N3C(=O)c4cccc(-c5ccc6c(c5)C(=O)N(C(CC)(CC)c5ccc(Oc7ccc(N8C(=O)c9ccc(C#Cc%10ccccc%10)cc9C8=O)cc7)cc5)C6=O)c4C3=O)cc2)cc1)N1C(=O)c2ccc(C#Cc3ccccc3)cc2C1=O. The van der Waals surface area contributed by atoms with Gasteiger partial charge < -0.3 is 9.47 Å². The highest BCUT2D eigenvalue weighted by Crippen LogP contribution is 2.46. The minimum atomic E-state index is -1.06. The van der Waals surface area contributed by atoms with Crippen LogP contribution in [0, 0.1) is 23.7 Å². The second-order valence-electron chi connectivity index (χ2n) is 23.7. The van der Waals surface area contributed by atoms with E-state index < -0.39 is 46.5 Å². The van der Waals surface area contributed by atoms with Crippen molar-refractivity contribution in [3.63, 3.8) is 0 Å². The zero-order chi connectivity index (χ0) is 66.6. The summed E-state index contributed by atoms with van der Waals surface area (Å²) in [5.41, 5.74) is 5.87. The lowest BCUT2D eigenvalue weighted by atomic mass is 9.82. The van der Waals surface area contributed by atoms with Crippen molar-refractivity contribution in [1.82, 2.24) is 9.80 Å². The van der Waals surface area contributed by atoms with Gasteiger partial charge in [0.15, 0.2) is 0 Å². The maximum absolute atomic E-state index is 14.8. The fourth-order valence-electron chi connectivity index (χ4n) is 13.6. The molecule has 4 aliphatic rings. The predicted molar refractivity (Wildman–Crippen MR) is 363 cm³/mol. The van der Waals surface area contributed by atoms with Gasteiger partial charge >= 0.3 is 0 Å². The Morgan fingerprint density at radius 3 is 1.08 bits per heavy atom. The normalized spacial score (nSPS) is 13.9. The highest BCUT2D eigenvalue weighted by atomic mass is 16.5. The van der Waals surface area contributed by atoms with Crippen LogP contribution in [0.4, 0.5) is 11.4 Å². The van der Waals surface area contributed by atoms with E-state index in [1.54, 1.807) is 146 Å². The van der Waals surface area contributed by atoms with Crippen LogP contribution in [0.25, 0.3) is 11.1 Å². The number of amides is 8. The van der Waals surface area contributed by atoms with Gasteiger partial charge in [-0.3, -0.25) is 48.2 Å². The summed E-state index contributed by atoms with van der Waals surface area (Å²) < 4.78 is 12.5. The molecule has 0 saturated carbocycles. The van der Waals surface area contributed by atoms with E-state index in [4.69, 9.17) is 9.47 Å². The molecule has 14 rings (SSSR count). The summed E-state index contributed by atoms with van der Waals surface area (Å²) in [5, 5.41) is 0. The van der Waals surface area contributed by atoms with Crippen molar-refractivity contribution < 1.29 is 47.8 Å². The van der Waals surface area contributed by atoms with E-state index in [0.29, 0.717) is 105 Å². The number of carbonyl (C=O) groups is 8. The average molecular weight is 1260 g/mol. The topological polar surface area (TPSA) is 168 Å². The van der Waals surface area contributed by atoms with Gasteiger partial charge in [-0.2, -0.15) is 0 Å². The first-order valence-electron chi connectivity index (χ1n) is 31.7. The largest absolute Gasteiger partial charge is 0.457 e. The van der Waals surface area contributed by atoms with Crippen LogP contribution in [-0.2, 0) is 11.1 Å². The minimum Gasteiger partial charge on any atom is -0.457 e. The molecule has 4 heterocycles. The quantitative estimate of drug-likeness (QED) is 0.0711. The molecule has 14 heteroatoms. The van der Waals surface area contributed by atoms with Crippen LogP contribution in [0.2, 0.25) is 0 Å². The van der Waals surface area contributed by atoms with Crippen molar-refractivity contribution in [2.24, 2.45) is 0 Å².